The number of rotatable bonds is 11. The molecule has 2 aliphatic rings. The second-order valence-electron chi connectivity index (χ2n) is 10.7. The van der Waals surface area contributed by atoms with Crippen LogP contribution in [-0.4, -0.2) is 81.3 Å². The fourth-order valence-electron chi connectivity index (χ4n) is 5.18. The Kier molecular flexibility index (Phi) is 10.3. The van der Waals surface area contributed by atoms with Crippen molar-refractivity contribution in [2.24, 2.45) is 0 Å². The minimum Gasteiger partial charge on any atom is -0.478 e. The average molecular weight is 585 g/mol. The van der Waals surface area contributed by atoms with Gasteiger partial charge < -0.3 is 34.5 Å². The van der Waals surface area contributed by atoms with Crippen molar-refractivity contribution >= 4 is 43.0 Å². The van der Waals surface area contributed by atoms with Crippen LogP contribution in [0.5, 0.6) is 5.75 Å². The average Bonchev–Trinajstić information content (AvgIpc) is 3.16. The molecule has 2 aromatic rings. The summed E-state index contributed by atoms with van der Waals surface area (Å²) in [5.74, 6) is 2.17. The zero-order valence-corrected chi connectivity index (χ0v) is 24.3. The number of nitrogens with one attached hydrogen (secondary N) is 2. The summed E-state index contributed by atoms with van der Waals surface area (Å²) in [6.07, 6.45) is 8.69. The van der Waals surface area contributed by atoms with Crippen LogP contribution in [0, 0.1) is 0 Å². The lowest BCUT2D eigenvalue weighted by atomic mass is 10.0. The molecule has 1 saturated heterocycles. The number of halogens is 1. The predicted octanol–water partition coefficient (Wildman–Crippen LogP) is 4.44. The highest BCUT2D eigenvalue weighted by molar-refractivity contribution is 7.46. The van der Waals surface area contributed by atoms with Crippen LogP contribution in [0.3, 0.4) is 0 Å². The summed E-state index contributed by atoms with van der Waals surface area (Å²) < 4.78 is 21.8. The van der Waals surface area contributed by atoms with Crippen molar-refractivity contribution in [3.8, 4) is 5.75 Å². The summed E-state index contributed by atoms with van der Waals surface area (Å²) in [6.45, 7) is 1.40. The van der Waals surface area contributed by atoms with Gasteiger partial charge in [-0.15, -0.1) is 0 Å². The maximum absolute atomic E-state index is 11.2. The monoisotopic (exact) mass is 584 g/mol. The fourth-order valence-corrected chi connectivity index (χ4v) is 5.73. The van der Waals surface area contributed by atoms with E-state index in [9.17, 15) is 4.57 Å². The fraction of sp³-hybridized carbons (Fsp3) is 0.640. The molecule has 0 amide bonds. The topological polar surface area (TPSA) is 142 Å². The van der Waals surface area contributed by atoms with Crippen molar-refractivity contribution in [1.82, 2.24) is 15.0 Å². The number of alkyl halides is 1. The van der Waals surface area contributed by atoms with Crippen LogP contribution in [0.1, 0.15) is 51.4 Å². The number of piperidine rings is 1. The molecule has 0 bridgehead atoms. The van der Waals surface area contributed by atoms with E-state index in [4.69, 9.17) is 45.6 Å². The molecular formula is C25H40ClN7O5P+. The van der Waals surface area contributed by atoms with Crippen molar-refractivity contribution in [2.75, 3.05) is 55.5 Å². The Morgan fingerprint density at radius 2 is 1.77 bits per heavy atom. The summed E-state index contributed by atoms with van der Waals surface area (Å²) in [5.41, 5.74) is 0.772. The molecule has 12 nitrogen and oxygen atoms in total. The van der Waals surface area contributed by atoms with E-state index in [0.29, 0.717) is 47.2 Å². The number of likely N-dealkylation sites (tertiary alicyclic amines) is 1. The van der Waals surface area contributed by atoms with Crippen molar-refractivity contribution in [2.45, 2.75) is 63.5 Å². The van der Waals surface area contributed by atoms with Gasteiger partial charge in [0.1, 0.15) is 5.75 Å². The first-order valence-corrected chi connectivity index (χ1v) is 15.5. The van der Waals surface area contributed by atoms with Gasteiger partial charge >= 0.3 is 7.82 Å². The van der Waals surface area contributed by atoms with Crippen LogP contribution >= 0.6 is 19.4 Å². The van der Waals surface area contributed by atoms with Gasteiger partial charge in [0.15, 0.2) is 12.8 Å². The number of ether oxygens (including phenoxy) is 1. The summed E-state index contributed by atoms with van der Waals surface area (Å²) in [6, 6.07) is 8.00. The maximum atomic E-state index is 11.2. The SMILES string of the molecule is CN(c1nc(Nc2cccc(OCCl)c2)nc(NC2CCCCCC2)n1)C1CC[N+](C)(COP(=O)(O)O)CC1. The molecule has 1 aliphatic carbocycles. The number of benzene rings is 1. The Balaban J connectivity index is 1.51. The third-order valence-corrected chi connectivity index (χ3v) is 8.09. The first kappa shape index (κ1) is 29.8. The smallest absolute Gasteiger partial charge is 0.474 e. The highest BCUT2D eigenvalue weighted by Crippen LogP contribution is 2.37. The summed E-state index contributed by atoms with van der Waals surface area (Å²) in [5, 5.41) is 6.85. The summed E-state index contributed by atoms with van der Waals surface area (Å²) in [4.78, 5) is 34.5. The van der Waals surface area contributed by atoms with Gasteiger partial charge in [0.05, 0.1) is 20.1 Å². The van der Waals surface area contributed by atoms with Gasteiger partial charge in [-0.2, -0.15) is 15.0 Å². The molecule has 1 aromatic heterocycles. The molecule has 0 unspecified atom stereocenters. The quantitative estimate of drug-likeness (QED) is 0.129. The molecule has 0 atom stereocenters. The van der Waals surface area contributed by atoms with Gasteiger partial charge in [0, 0.05) is 43.7 Å². The van der Waals surface area contributed by atoms with E-state index < -0.39 is 7.82 Å². The van der Waals surface area contributed by atoms with E-state index in [2.05, 4.69) is 15.5 Å². The second kappa shape index (κ2) is 13.4. The molecule has 216 valence electrons. The Bertz CT molecular complexity index is 1120. The van der Waals surface area contributed by atoms with Gasteiger partial charge in [0.25, 0.3) is 0 Å². The van der Waals surface area contributed by atoms with Crippen molar-refractivity contribution in [1.29, 1.82) is 0 Å². The van der Waals surface area contributed by atoms with Gasteiger partial charge in [-0.1, -0.05) is 43.4 Å². The van der Waals surface area contributed by atoms with Crippen molar-refractivity contribution < 1.29 is 28.1 Å². The lowest BCUT2D eigenvalue weighted by Crippen LogP contribution is -2.54. The highest BCUT2D eigenvalue weighted by Gasteiger charge is 2.35. The van der Waals surface area contributed by atoms with Crippen LogP contribution in [-0.2, 0) is 9.09 Å². The number of anilines is 4. The highest BCUT2D eigenvalue weighted by atomic mass is 35.5. The van der Waals surface area contributed by atoms with Gasteiger partial charge in [-0.25, -0.2) is 9.09 Å². The number of quaternary nitrogens is 1. The molecule has 4 rings (SSSR count). The molecule has 4 N–H and O–H groups in total. The van der Waals surface area contributed by atoms with Gasteiger partial charge in [-0.3, -0.25) is 0 Å². The maximum Gasteiger partial charge on any atom is 0.474 e. The van der Waals surface area contributed by atoms with Crippen LogP contribution in [0.15, 0.2) is 24.3 Å². The minimum absolute atomic E-state index is 0.0253. The van der Waals surface area contributed by atoms with E-state index in [1.54, 1.807) is 0 Å². The Morgan fingerprint density at radius 1 is 1.08 bits per heavy atom. The largest absolute Gasteiger partial charge is 0.478 e. The number of hydrogen-bond donors (Lipinski definition) is 4. The van der Waals surface area contributed by atoms with Gasteiger partial charge in [0.2, 0.25) is 17.8 Å². The van der Waals surface area contributed by atoms with Crippen LogP contribution < -0.4 is 20.3 Å². The zero-order chi connectivity index (χ0) is 27.9. The first-order valence-electron chi connectivity index (χ1n) is 13.5. The molecule has 2 fully saturated rings. The molecule has 1 aliphatic heterocycles. The van der Waals surface area contributed by atoms with Crippen molar-refractivity contribution in [3.63, 3.8) is 0 Å². The van der Waals surface area contributed by atoms with E-state index in [0.717, 1.165) is 31.4 Å². The van der Waals surface area contributed by atoms with E-state index in [-0.39, 0.29) is 18.8 Å². The summed E-state index contributed by atoms with van der Waals surface area (Å²) >= 11 is 5.73. The van der Waals surface area contributed by atoms with Crippen LogP contribution in [0.4, 0.5) is 23.5 Å². The van der Waals surface area contributed by atoms with E-state index >= 15 is 0 Å². The van der Waals surface area contributed by atoms with E-state index in [1.807, 2.05) is 38.4 Å². The molecule has 0 radical (unpaired) electrons. The number of phosphoric ester groups is 1. The number of phosphoric acid groups is 1. The zero-order valence-electron chi connectivity index (χ0n) is 22.6. The molecular weight excluding hydrogens is 545 g/mol. The van der Waals surface area contributed by atoms with Crippen molar-refractivity contribution in [3.05, 3.63) is 24.3 Å². The van der Waals surface area contributed by atoms with Crippen LogP contribution in [0.2, 0.25) is 0 Å². The van der Waals surface area contributed by atoms with E-state index in [1.165, 1.54) is 25.7 Å². The standard InChI is InChI=1S/C25H39ClN7O5P/c1-32(21-12-14-33(2,15-13-21)18-38-39(34,35)36)25-30-23(27-19-8-5-3-4-6-9-19)29-24(31-25)28-20-10-7-11-22(16-20)37-17-26/h7,10-11,16,19,21H,3-6,8-9,12-15,17-18H2,1-2H3,(H3-,27,28,29,30,31,34,35,36)/p+1. The minimum atomic E-state index is -4.50. The van der Waals surface area contributed by atoms with Gasteiger partial charge in [-0.05, 0) is 25.0 Å². The molecule has 0 spiro atoms. The number of hydrogen-bond acceptors (Lipinski definition) is 9. The first-order chi connectivity index (χ1) is 18.6. The number of aromatic nitrogens is 3. The third-order valence-electron chi connectivity index (χ3n) is 7.53. The lowest BCUT2D eigenvalue weighted by molar-refractivity contribution is -0.929. The lowest BCUT2D eigenvalue weighted by Gasteiger charge is -2.42. The second-order valence-corrected chi connectivity index (χ2v) is 12.1. The van der Waals surface area contributed by atoms with Crippen LogP contribution in [0.25, 0.3) is 0 Å². The normalized spacial score (nSPS) is 22.6. The predicted molar refractivity (Wildman–Crippen MR) is 151 cm³/mol. The Morgan fingerprint density at radius 3 is 2.44 bits per heavy atom. The Labute approximate surface area is 234 Å². The molecule has 14 heteroatoms. The number of nitrogens with zero attached hydrogens (tertiary/aromatic N) is 5. The summed E-state index contributed by atoms with van der Waals surface area (Å²) in [7, 11) is -0.570. The molecule has 39 heavy (non-hydrogen) atoms. The Hall–Kier alpha value is -2.21. The molecule has 1 aromatic carbocycles. The third kappa shape index (κ3) is 9.16. The molecule has 1 saturated carbocycles. The molecule has 2 heterocycles.